The van der Waals surface area contributed by atoms with E-state index >= 15 is 0 Å². The van der Waals surface area contributed by atoms with Crippen LogP contribution < -0.4 is 4.72 Å². The molecule has 0 spiro atoms. The highest BCUT2D eigenvalue weighted by Crippen LogP contribution is 2.34. The average molecular weight is 484 g/mol. The molecule has 1 unspecified atom stereocenters. The molecule has 30 heavy (non-hydrogen) atoms. The first-order chi connectivity index (χ1) is 14.5. The van der Waals surface area contributed by atoms with Crippen molar-refractivity contribution in [3.05, 3.63) is 82.6 Å². The van der Waals surface area contributed by atoms with Crippen LogP contribution in [0.15, 0.2) is 75.9 Å². The second kappa shape index (κ2) is 9.31. The molecular weight excluding hydrogens is 462 g/mol. The Balaban J connectivity index is 1.78. The van der Waals surface area contributed by atoms with Gasteiger partial charge in [-0.25, -0.2) is 4.98 Å². The molecule has 0 fully saturated rings. The quantitative estimate of drug-likeness (QED) is 0.273. The molecule has 1 N–H and O–H groups in total. The Morgan fingerprint density at radius 3 is 2.60 bits per heavy atom. The Morgan fingerprint density at radius 1 is 1.03 bits per heavy atom. The van der Waals surface area contributed by atoms with Gasteiger partial charge in [-0.3, -0.25) is 0 Å². The first kappa shape index (κ1) is 21.1. The Morgan fingerprint density at radius 2 is 1.80 bits per heavy atom. The molecule has 4 rings (SSSR count). The Hall–Kier alpha value is -2.19. The van der Waals surface area contributed by atoms with Crippen molar-refractivity contribution < 1.29 is 9.08 Å². The SMILES string of the molecule is CC(C)[S@+]([O-])NC(Cc1cccc(Br)n1)c1ccccc1-c1noc2ccccc12. The molecule has 2 atom stereocenters. The number of benzene rings is 2. The van der Waals surface area contributed by atoms with Crippen LogP contribution in [0.3, 0.4) is 0 Å². The van der Waals surface area contributed by atoms with E-state index in [0.717, 1.165) is 38.1 Å². The van der Waals surface area contributed by atoms with Gasteiger partial charge in [0.25, 0.3) is 0 Å². The van der Waals surface area contributed by atoms with Gasteiger partial charge in [-0.1, -0.05) is 47.6 Å². The number of nitrogens with zero attached hydrogens (tertiary/aromatic N) is 2. The molecule has 7 heteroatoms. The summed E-state index contributed by atoms with van der Waals surface area (Å²) in [6.07, 6.45) is 0.588. The first-order valence-electron chi connectivity index (χ1n) is 9.75. The molecule has 0 saturated heterocycles. The van der Waals surface area contributed by atoms with Gasteiger partial charge in [0.2, 0.25) is 0 Å². The van der Waals surface area contributed by atoms with E-state index in [4.69, 9.17) is 4.52 Å². The van der Waals surface area contributed by atoms with Crippen molar-refractivity contribution in [1.82, 2.24) is 14.9 Å². The van der Waals surface area contributed by atoms with Gasteiger partial charge in [-0.2, -0.15) is 0 Å². The van der Waals surface area contributed by atoms with Gasteiger partial charge in [-0.05, 0) is 59.6 Å². The molecule has 2 aromatic heterocycles. The van der Waals surface area contributed by atoms with Crippen molar-refractivity contribution in [2.75, 3.05) is 0 Å². The number of hydrogen-bond donors (Lipinski definition) is 1. The minimum atomic E-state index is -1.20. The fourth-order valence-corrected chi connectivity index (χ4v) is 4.50. The van der Waals surface area contributed by atoms with Gasteiger partial charge in [-0.15, -0.1) is 4.72 Å². The summed E-state index contributed by atoms with van der Waals surface area (Å²) in [5, 5.41) is 5.28. The van der Waals surface area contributed by atoms with Gasteiger partial charge in [0.15, 0.2) is 5.58 Å². The van der Waals surface area contributed by atoms with Crippen LogP contribution >= 0.6 is 15.9 Å². The minimum absolute atomic E-state index is 0.0111. The second-order valence-electron chi connectivity index (χ2n) is 7.29. The largest absolute Gasteiger partial charge is 0.598 e. The van der Waals surface area contributed by atoms with Crippen molar-refractivity contribution in [3.63, 3.8) is 0 Å². The van der Waals surface area contributed by atoms with Crippen LogP contribution in [0.2, 0.25) is 0 Å². The van der Waals surface area contributed by atoms with Crippen LogP contribution in [0, 0.1) is 0 Å². The summed E-state index contributed by atoms with van der Waals surface area (Å²) in [5.41, 5.74) is 4.39. The molecule has 5 nitrogen and oxygen atoms in total. The average Bonchev–Trinajstić information content (AvgIpc) is 3.17. The zero-order chi connectivity index (χ0) is 21.1. The van der Waals surface area contributed by atoms with Crippen molar-refractivity contribution in [2.24, 2.45) is 0 Å². The normalized spacial score (nSPS) is 13.6. The van der Waals surface area contributed by atoms with Crippen LogP contribution in [0.25, 0.3) is 22.2 Å². The maximum atomic E-state index is 12.7. The molecule has 0 amide bonds. The van der Waals surface area contributed by atoms with Crippen molar-refractivity contribution in [1.29, 1.82) is 0 Å². The molecule has 0 aliphatic heterocycles. The summed E-state index contributed by atoms with van der Waals surface area (Å²) in [6.45, 7) is 3.88. The number of aromatic nitrogens is 2. The van der Waals surface area contributed by atoms with Gasteiger partial charge in [0.05, 0.1) is 6.04 Å². The summed E-state index contributed by atoms with van der Waals surface area (Å²) in [7, 11) is 0. The summed E-state index contributed by atoms with van der Waals surface area (Å²) in [5.74, 6) is 0. The highest BCUT2D eigenvalue weighted by atomic mass is 79.9. The maximum Gasteiger partial charge on any atom is 0.167 e. The molecule has 0 saturated carbocycles. The number of para-hydroxylation sites is 1. The standard InChI is InChI=1S/C23H22BrN3O2S/c1-15(2)30(28)27-20(14-16-8-7-13-22(24)25-16)17-9-3-4-10-18(17)23-19-11-5-6-12-21(19)29-26-23/h3-13,15,20,27H,14H2,1-2H3/t20?,30-/m0/s1. The number of halogens is 1. The predicted molar refractivity (Wildman–Crippen MR) is 124 cm³/mol. The van der Waals surface area contributed by atoms with E-state index < -0.39 is 11.4 Å². The second-order valence-corrected chi connectivity index (χ2v) is 9.87. The van der Waals surface area contributed by atoms with Crippen molar-refractivity contribution in [2.45, 2.75) is 31.6 Å². The monoisotopic (exact) mass is 483 g/mol. The van der Waals surface area contributed by atoms with E-state index in [1.807, 2.05) is 80.6 Å². The lowest BCUT2D eigenvalue weighted by molar-refractivity contribution is 0.459. The highest BCUT2D eigenvalue weighted by molar-refractivity contribution is 9.10. The van der Waals surface area contributed by atoms with Crippen LogP contribution in [0.1, 0.15) is 31.1 Å². The lowest BCUT2D eigenvalue weighted by atomic mass is 9.94. The molecule has 0 bridgehead atoms. The Kier molecular flexibility index (Phi) is 6.53. The predicted octanol–water partition coefficient (Wildman–Crippen LogP) is 5.60. The summed E-state index contributed by atoms with van der Waals surface area (Å²) in [6, 6.07) is 21.5. The zero-order valence-corrected chi connectivity index (χ0v) is 19.1. The van der Waals surface area contributed by atoms with E-state index in [0.29, 0.717) is 6.42 Å². The molecule has 0 aliphatic rings. The van der Waals surface area contributed by atoms with Crippen molar-refractivity contribution in [3.8, 4) is 11.3 Å². The molecular formula is C23H22BrN3O2S. The third-order valence-corrected chi connectivity index (χ3v) is 6.66. The molecule has 2 heterocycles. The van der Waals surface area contributed by atoms with E-state index in [9.17, 15) is 4.55 Å². The fraction of sp³-hybridized carbons (Fsp3) is 0.217. The topological polar surface area (TPSA) is 74.0 Å². The van der Waals surface area contributed by atoms with Crippen LogP contribution in [-0.4, -0.2) is 19.9 Å². The number of nitrogens with one attached hydrogen (secondary N) is 1. The van der Waals surface area contributed by atoms with Crippen molar-refractivity contribution >= 4 is 38.3 Å². The Bertz CT molecular complexity index is 1150. The smallest absolute Gasteiger partial charge is 0.167 e. The number of fused-ring (bicyclic) bond motifs is 1. The minimum Gasteiger partial charge on any atom is -0.598 e. The third-order valence-electron chi connectivity index (χ3n) is 4.84. The number of rotatable bonds is 7. The lowest BCUT2D eigenvalue weighted by Gasteiger charge is -2.24. The molecule has 4 aromatic rings. The van der Waals surface area contributed by atoms with E-state index in [2.05, 4.69) is 30.8 Å². The maximum absolute atomic E-state index is 12.7. The Labute approximate surface area is 187 Å². The van der Waals surface area contributed by atoms with Gasteiger partial charge in [0.1, 0.15) is 15.5 Å². The van der Waals surface area contributed by atoms with Gasteiger partial charge >= 0.3 is 0 Å². The van der Waals surface area contributed by atoms with Crippen LogP contribution in [-0.2, 0) is 17.8 Å². The first-order valence-corrected chi connectivity index (χ1v) is 11.8. The van der Waals surface area contributed by atoms with Crippen LogP contribution in [0.4, 0.5) is 0 Å². The molecule has 0 aliphatic carbocycles. The van der Waals surface area contributed by atoms with E-state index in [-0.39, 0.29) is 11.3 Å². The van der Waals surface area contributed by atoms with E-state index in [1.165, 1.54) is 0 Å². The highest BCUT2D eigenvalue weighted by Gasteiger charge is 2.25. The van der Waals surface area contributed by atoms with Crippen LogP contribution in [0.5, 0.6) is 0 Å². The fourth-order valence-electron chi connectivity index (χ4n) is 3.36. The van der Waals surface area contributed by atoms with Gasteiger partial charge < -0.3 is 9.08 Å². The molecule has 2 aromatic carbocycles. The number of pyridine rings is 1. The summed E-state index contributed by atoms with van der Waals surface area (Å²) < 4.78 is 22.4. The zero-order valence-electron chi connectivity index (χ0n) is 16.7. The summed E-state index contributed by atoms with van der Waals surface area (Å²) in [4.78, 5) is 4.58. The number of hydrogen-bond acceptors (Lipinski definition) is 5. The lowest BCUT2D eigenvalue weighted by Crippen LogP contribution is -2.35. The molecule has 154 valence electrons. The van der Waals surface area contributed by atoms with Gasteiger partial charge in [0, 0.05) is 34.4 Å². The summed E-state index contributed by atoms with van der Waals surface area (Å²) >= 11 is 2.24. The third kappa shape index (κ3) is 4.59. The van der Waals surface area contributed by atoms with E-state index in [1.54, 1.807) is 0 Å². The molecule has 0 radical (unpaired) electrons.